The molecule has 1 aliphatic heterocycles. The smallest absolute Gasteiger partial charge is 0.157 e. The zero-order valence-electron chi connectivity index (χ0n) is 10.5. The van der Waals surface area contributed by atoms with Gasteiger partial charge >= 0.3 is 0 Å². The first-order chi connectivity index (χ1) is 6.93. The number of hydrogen-bond donors (Lipinski definition) is 0. The van der Waals surface area contributed by atoms with Gasteiger partial charge in [0.1, 0.15) is 0 Å². The maximum atomic E-state index is 5.73. The van der Waals surface area contributed by atoms with E-state index in [4.69, 9.17) is 9.47 Å². The summed E-state index contributed by atoms with van der Waals surface area (Å²) in [7, 11) is 0.577. The number of allylic oxidation sites excluding steroid dienone is 1. The lowest BCUT2D eigenvalue weighted by Gasteiger charge is -2.21. The van der Waals surface area contributed by atoms with Crippen LogP contribution in [0.3, 0.4) is 0 Å². The molecule has 1 saturated heterocycles. The molecule has 2 atom stereocenters. The van der Waals surface area contributed by atoms with Gasteiger partial charge in [-0.2, -0.15) is 0 Å². The number of methoxy groups -OCH3 is 1. The van der Waals surface area contributed by atoms with Gasteiger partial charge in [0.05, 0.1) is 14.2 Å². The van der Waals surface area contributed by atoms with Crippen LogP contribution in [0.5, 0.6) is 0 Å². The van der Waals surface area contributed by atoms with E-state index in [0.717, 1.165) is 25.7 Å². The Morgan fingerprint density at radius 3 is 2.53 bits per heavy atom. The van der Waals surface area contributed by atoms with E-state index >= 15 is 0 Å². The highest BCUT2D eigenvalue weighted by Crippen LogP contribution is 2.26. The van der Waals surface area contributed by atoms with Gasteiger partial charge in [0.15, 0.2) is 6.29 Å². The van der Waals surface area contributed by atoms with Crippen LogP contribution >= 0.6 is 0 Å². The molecule has 15 heavy (non-hydrogen) atoms. The molecule has 0 bridgehead atoms. The summed E-state index contributed by atoms with van der Waals surface area (Å²) in [5.41, 5.74) is 0. The fourth-order valence-electron chi connectivity index (χ4n) is 1.77. The first-order valence-corrected chi connectivity index (χ1v) is 9.30. The van der Waals surface area contributed by atoms with E-state index < -0.39 is 8.07 Å². The Morgan fingerprint density at radius 1 is 1.40 bits per heavy atom. The van der Waals surface area contributed by atoms with Crippen molar-refractivity contribution in [3.05, 3.63) is 11.8 Å². The molecule has 0 radical (unpaired) electrons. The van der Waals surface area contributed by atoms with Crippen molar-refractivity contribution in [3.8, 4) is 0 Å². The van der Waals surface area contributed by atoms with Crippen molar-refractivity contribution in [2.45, 2.75) is 57.7 Å². The average molecular weight is 228 g/mol. The average Bonchev–Trinajstić information content (AvgIpc) is 2.60. The highest BCUT2D eigenvalue weighted by Gasteiger charge is 2.26. The molecule has 2 nitrogen and oxygen atoms in total. The third-order valence-corrected chi connectivity index (χ3v) is 5.53. The van der Waals surface area contributed by atoms with Crippen molar-refractivity contribution in [1.82, 2.24) is 0 Å². The maximum absolute atomic E-state index is 5.73. The van der Waals surface area contributed by atoms with Crippen molar-refractivity contribution >= 4 is 8.07 Å². The van der Waals surface area contributed by atoms with Gasteiger partial charge in [-0.3, -0.25) is 0 Å². The van der Waals surface area contributed by atoms with Gasteiger partial charge in [-0.15, -0.1) is 6.58 Å². The van der Waals surface area contributed by atoms with Crippen LogP contribution in [0, 0.1) is 0 Å². The summed E-state index contributed by atoms with van der Waals surface area (Å²) < 4.78 is 10.9. The van der Waals surface area contributed by atoms with Gasteiger partial charge in [0, 0.05) is 13.5 Å². The number of ether oxygens (including phenoxy) is 2. The van der Waals surface area contributed by atoms with E-state index in [-0.39, 0.29) is 6.29 Å². The van der Waals surface area contributed by atoms with Gasteiger partial charge in [0.25, 0.3) is 0 Å². The Labute approximate surface area is 94.7 Å². The van der Waals surface area contributed by atoms with Crippen LogP contribution < -0.4 is 0 Å². The molecule has 2 unspecified atom stereocenters. The maximum Gasteiger partial charge on any atom is 0.157 e. The monoisotopic (exact) mass is 228 g/mol. The van der Waals surface area contributed by atoms with Crippen LogP contribution in [0.2, 0.25) is 19.6 Å². The Balaban J connectivity index is 2.24. The lowest BCUT2D eigenvalue weighted by Crippen LogP contribution is -2.24. The van der Waals surface area contributed by atoms with Crippen molar-refractivity contribution in [1.29, 1.82) is 0 Å². The normalized spacial score (nSPS) is 26.9. The summed E-state index contributed by atoms with van der Waals surface area (Å²) in [4.78, 5) is 0. The highest BCUT2D eigenvalue weighted by atomic mass is 28.3. The molecule has 0 aromatic rings. The third kappa shape index (κ3) is 4.09. The zero-order chi connectivity index (χ0) is 11.5. The summed E-state index contributed by atoms with van der Waals surface area (Å²) in [6, 6.07) is 0. The lowest BCUT2D eigenvalue weighted by molar-refractivity contribution is -0.115. The largest absolute Gasteiger partial charge is 0.356 e. The third-order valence-electron chi connectivity index (χ3n) is 3.16. The summed E-state index contributed by atoms with van der Waals surface area (Å²) in [6.45, 7) is 11.3. The second-order valence-electron chi connectivity index (χ2n) is 5.39. The second-order valence-corrected chi connectivity index (χ2v) is 10.6. The zero-order valence-corrected chi connectivity index (χ0v) is 11.5. The fourth-order valence-corrected chi connectivity index (χ4v) is 2.66. The SMILES string of the molecule is C=C(CCC1CCC(OC)O1)[Si](C)(C)C. The Bertz CT molecular complexity index is 220. The van der Waals surface area contributed by atoms with Crippen LogP contribution in [0.25, 0.3) is 0 Å². The molecule has 0 amide bonds. The minimum atomic E-state index is -1.14. The predicted molar refractivity (Wildman–Crippen MR) is 66.6 cm³/mol. The van der Waals surface area contributed by atoms with Crippen LogP contribution in [0.1, 0.15) is 25.7 Å². The topological polar surface area (TPSA) is 18.5 Å². The molecule has 0 saturated carbocycles. The molecule has 1 aliphatic rings. The van der Waals surface area contributed by atoms with Crippen LogP contribution in [-0.4, -0.2) is 27.6 Å². The number of hydrogen-bond acceptors (Lipinski definition) is 2. The van der Waals surface area contributed by atoms with Crippen LogP contribution in [0.15, 0.2) is 11.8 Å². The van der Waals surface area contributed by atoms with E-state index in [1.54, 1.807) is 7.11 Å². The van der Waals surface area contributed by atoms with Crippen molar-refractivity contribution < 1.29 is 9.47 Å². The van der Waals surface area contributed by atoms with Gasteiger partial charge in [-0.25, -0.2) is 0 Å². The van der Waals surface area contributed by atoms with Gasteiger partial charge < -0.3 is 9.47 Å². The highest BCUT2D eigenvalue weighted by molar-refractivity contribution is 6.82. The number of rotatable bonds is 5. The van der Waals surface area contributed by atoms with Crippen molar-refractivity contribution in [3.63, 3.8) is 0 Å². The molecule has 0 spiro atoms. The lowest BCUT2D eigenvalue weighted by atomic mass is 10.1. The van der Waals surface area contributed by atoms with Crippen LogP contribution in [-0.2, 0) is 9.47 Å². The summed E-state index contributed by atoms with van der Waals surface area (Å²) >= 11 is 0. The molecule has 88 valence electrons. The molecule has 0 aliphatic carbocycles. The standard InChI is InChI=1S/C12H24O2Si/c1-10(15(3,4)5)6-7-11-8-9-12(13-2)14-11/h11-12H,1,6-9H2,2-5H3. The van der Waals surface area contributed by atoms with E-state index in [2.05, 4.69) is 26.2 Å². The molecule has 1 rings (SSSR count). The Morgan fingerprint density at radius 2 is 2.07 bits per heavy atom. The predicted octanol–water partition coefficient (Wildman–Crippen LogP) is 3.35. The first kappa shape index (κ1) is 12.9. The van der Waals surface area contributed by atoms with Gasteiger partial charge in [-0.05, 0) is 19.3 Å². The van der Waals surface area contributed by atoms with Crippen LogP contribution in [0.4, 0.5) is 0 Å². The second kappa shape index (κ2) is 5.28. The Hall–Kier alpha value is -0.123. The summed E-state index contributed by atoms with van der Waals surface area (Å²) in [5.74, 6) is 0. The van der Waals surface area contributed by atoms with E-state index in [1.165, 1.54) is 5.20 Å². The molecular formula is C12H24O2Si. The summed E-state index contributed by atoms with van der Waals surface area (Å²) in [5, 5.41) is 1.45. The van der Waals surface area contributed by atoms with E-state index in [9.17, 15) is 0 Å². The molecule has 0 N–H and O–H groups in total. The minimum absolute atomic E-state index is 0.0372. The molecule has 3 heteroatoms. The first-order valence-electron chi connectivity index (χ1n) is 5.80. The quantitative estimate of drug-likeness (QED) is 0.672. The van der Waals surface area contributed by atoms with Crippen molar-refractivity contribution in [2.24, 2.45) is 0 Å². The minimum Gasteiger partial charge on any atom is -0.356 e. The molecule has 1 fully saturated rings. The molecule has 1 heterocycles. The molecule has 0 aromatic heterocycles. The van der Waals surface area contributed by atoms with E-state index in [1.807, 2.05) is 0 Å². The van der Waals surface area contributed by atoms with Crippen molar-refractivity contribution in [2.75, 3.05) is 7.11 Å². The summed E-state index contributed by atoms with van der Waals surface area (Å²) in [6.07, 6.45) is 4.84. The van der Waals surface area contributed by atoms with Gasteiger partial charge in [-0.1, -0.05) is 24.8 Å². The van der Waals surface area contributed by atoms with E-state index in [0.29, 0.717) is 6.10 Å². The molecule has 0 aromatic carbocycles. The fraction of sp³-hybridized carbons (Fsp3) is 0.833. The molecular weight excluding hydrogens is 204 g/mol. The Kier molecular flexibility index (Phi) is 4.56. The van der Waals surface area contributed by atoms with Gasteiger partial charge in [0.2, 0.25) is 0 Å².